The average molecular weight is 267 g/mol. The first kappa shape index (κ1) is 14.3. The summed E-state index contributed by atoms with van der Waals surface area (Å²) in [6.45, 7) is 4.21. The lowest BCUT2D eigenvalue weighted by Gasteiger charge is -2.06. The van der Waals surface area contributed by atoms with Crippen LogP contribution in [0.25, 0.3) is 0 Å². The Balaban J connectivity index is 2.00. The smallest absolute Gasteiger partial charge is 0.255 e. The summed E-state index contributed by atoms with van der Waals surface area (Å²) >= 11 is 0. The Bertz CT molecular complexity index is 555. The van der Waals surface area contributed by atoms with Crippen molar-refractivity contribution in [2.24, 2.45) is 0 Å². The second kappa shape index (κ2) is 6.90. The van der Waals surface area contributed by atoms with Gasteiger partial charge < -0.3 is 5.32 Å². The molecule has 2 rings (SSSR count). The summed E-state index contributed by atoms with van der Waals surface area (Å²) in [6, 6.07) is 15.7. The monoisotopic (exact) mass is 267 g/mol. The number of aryl methyl sites for hydroxylation is 2. The third-order valence-corrected chi connectivity index (χ3v) is 3.34. The van der Waals surface area contributed by atoms with Crippen molar-refractivity contribution in [3.05, 3.63) is 65.2 Å². The van der Waals surface area contributed by atoms with Crippen molar-refractivity contribution in [3.8, 4) is 0 Å². The Morgan fingerprint density at radius 2 is 1.65 bits per heavy atom. The molecule has 1 N–H and O–H groups in total. The highest BCUT2D eigenvalue weighted by molar-refractivity contribution is 6.04. The van der Waals surface area contributed by atoms with Crippen LogP contribution in [0.15, 0.2) is 48.5 Å². The third-order valence-electron chi connectivity index (χ3n) is 3.34. The minimum atomic E-state index is -0.0594. The van der Waals surface area contributed by atoms with Gasteiger partial charge in [-0.3, -0.25) is 4.79 Å². The molecule has 0 saturated heterocycles. The Kier molecular flexibility index (Phi) is 4.94. The van der Waals surface area contributed by atoms with Gasteiger partial charge in [-0.1, -0.05) is 43.2 Å². The van der Waals surface area contributed by atoms with Crippen molar-refractivity contribution in [1.82, 2.24) is 0 Å². The number of carbonyl (C=O) groups is 1. The largest absolute Gasteiger partial charge is 0.322 e. The molecular formula is C18H21NO. The summed E-state index contributed by atoms with van der Waals surface area (Å²) in [4.78, 5) is 12.1. The van der Waals surface area contributed by atoms with Crippen molar-refractivity contribution in [3.63, 3.8) is 0 Å². The van der Waals surface area contributed by atoms with Crippen molar-refractivity contribution in [2.75, 3.05) is 5.32 Å². The number of hydrogen-bond donors (Lipinski definition) is 1. The normalized spacial score (nSPS) is 10.3. The van der Waals surface area contributed by atoms with E-state index in [9.17, 15) is 4.79 Å². The van der Waals surface area contributed by atoms with Crippen LogP contribution in [0.2, 0.25) is 0 Å². The van der Waals surface area contributed by atoms with Gasteiger partial charge in [-0.2, -0.15) is 0 Å². The maximum absolute atomic E-state index is 12.1. The number of unbranched alkanes of at least 4 members (excludes halogenated alkanes) is 1. The van der Waals surface area contributed by atoms with E-state index in [1.54, 1.807) is 0 Å². The van der Waals surface area contributed by atoms with Crippen molar-refractivity contribution in [2.45, 2.75) is 33.1 Å². The van der Waals surface area contributed by atoms with Crippen LogP contribution in [-0.4, -0.2) is 5.91 Å². The molecule has 2 heteroatoms. The predicted octanol–water partition coefficient (Wildman–Crippen LogP) is 4.59. The van der Waals surface area contributed by atoms with E-state index >= 15 is 0 Å². The maximum Gasteiger partial charge on any atom is 0.255 e. The van der Waals surface area contributed by atoms with Crippen molar-refractivity contribution < 1.29 is 4.79 Å². The summed E-state index contributed by atoms with van der Waals surface area (Å²) < 4.78 is 0. The molecule has 0 heterocycles. The van der Waals surface area contributed by atoms with Gasteiger partial charge in [0.1, 0.15) is 0 Å². The lowest BCUT2D eigenvalue weighted by Crippen LogP contribution is -2.11. The van der Waals surface area contributed by atoms with Gasteiger partial charge in [-0.25, -0.2) is 0 Å². The third kappa shape index (κ3) is 3.95. The van der Waals surface area contributed by atoms with Crippen LogP contribution in [0.5, 0.6) is 0 Å². The van der Waals surface area contributed by atoms with Gasteiger partial charge in [0, 0.05) is 11.3 Å². The molecular weight excluding hydrogens is 246 g/mol. The zero-order valence-electron chi connectivity index (χ0n) is 12.1. The molecule has 0 radical (unpaired) electrons. The lowest BCUT2D eigenvalue weighted by atomic mass is 10.1. The average Bonchev–Trinajstić information content (AvgIpc) is 2.48. The fraction of sp³-hybridized carbons (Fsp3) is 0.278. The topological polar surface area (TPSA) is 29.1 Å². The Hall–Kier alpha value is -2.09. The standard InChI is InChI=1S/C18H21NO/c1-3-4-5-15-8-10-16(11-9-15)18(20)19-17-12-6-14(2)7-13-17/h6-13H,3-5H2,1-2H3,(H,19,20). The van der Waals surface area contributed by atoms with Crippen LogP contribution >= 0.6 is 0 Å². The summed E-state index contributed by atoms with van der Waals surface area (Å²) in [5.74, 6) is -0.0594. The number of carbonyl (C=O) groups excluding carboxylic acids is 1. The second-order valence-electron chi connectivity index (χ2n) is 5.12. The highest BCUT2D eigenvalue weighted by Gasteiger charge is 2.05. The zero-order valence-corrected chi connectivity index (χ0v) is 12.1. The maximum atomic E-state index is 12.1. The second-order valence-corrected chi connectivity index (χ2v) is 5.12. The van der Waals surface area contributed by atoms with Crippen LogP contribution in [0.4, 0.5) is 5.69 Å². The van der Waals surface area contributed by atoms with Crippen LogP contribution in [0, 0.1) is 6.92 Å². The van der Waals surface area contributed by atoms with Gasteiger partial charge in [-0.15, -0.1) is 0 Å². The molecule has 0 aromatic heterocycles. The molecule has 0 spiro atoms. The molecule has 0 aliphatic carbocycles. The van der Waals surface area contributed by atoms with Crippen molar-refractivity contribution in [1.29, 1.82) is 0 Å². The number of benzene rings is 2. The van der Waals surface area contributed by atoms with Gasteiger partial charge in [0.05, 0.1) is 0 Å². The highest BCUT2D eigenvalue weighted by Crippen LogP contribution is 2.12. The van der Waals surface area contributed by atoms with Crippen LogP contribution in [-0.2, 0) is 6.42 Å². The fourth-order valence-electron chi connectivity index (χ4n) is 2.04. The molecule has 0 saturated carbocycles. The van der Waals surface area contributed by atoms with Crippen LogP contribution in [0.1, 0.15) is 41.3 Å². The van der Waals surface area contributed by atoms with Gasteiger partial charge in [-0.05, 0) is 49.6 Å². The first-order valence-corrected chi connectivity index (χ1v) is 7.16. The van der Waals surface area contributed by atoms with Crippen LogP contribution < -0.4 is 5.32 Å². The van der Waals surface area contributed by atoms with E-state index in [1.165, 1.54) is 24.0 Å². The zero-order chi connectivity index (χ0) is 14.4. The van der Waals surface area contributed by atoms with Crippen LogP contribution in [0.3, 0.4) is 0 Å². The molecule has 2 aromatic carbocycles. The summed E-state index contributed by atoms with van der Waals surface area (Å²) in [7, 11) is 0. The Morgan fingerprint density at radius 3 is 2.25 bits per heavy atom. The van der Waals surface area contributed by atoms with E-state index in [0.717, 1.165) is 12.1 Å². The lowest BCUT2D eigenvalue weighted by molar-refractivity contribution is 0.102. The summed E-state index contributed by atoms with van der Waals surface area (Å²) in [5, 5.41) is 2.91. The van der Waals surface area contributed by atoms with Gasteiger partial charge in [0.15, 0.2) is 0 Å². The molecule has 2 aromatic rings. The SMILES string of the molecule is CCCCc1ccc(C(=O)Nc2ccc(C)cc2)cc1. The van der Waals surface area contributed by atoms with E-state index < -0.39 is 0 Å². The molecule has 1 amide bonds. The van der Waals surface area contributed by atoms with Crippen molar-refractivity contribution >= 4 is 11.6 Å². The van der Waals surface area contributed by atoms with E-state index in [0.29, 0.717) is 5.56 Å². The molecule has 0 atom stereocenters. The van der Waals surface area contributed by atoms with E-state index in [4.69, 9.17) is 0 Å². The molecule has 2 nitrogen and oxygen atoms in total. The van der Waals surface area contributed by atoms with E-state index in [-0.39, 0.29) is 5.91 Å². The number of rotatable bonds is 5. The molecule has 0 aliphatic rings. The van der Waals surface area contributed by atoms with Gasteiger partial charge in [0.2, 0.25) is 0 Å². The number of amides is 1. The Morgan fingerprint density at radius 1 is 1.00 bits per heavy atom. The number of anilines is 1. The predicted molar refractivity (Wildman–Crippen MR) is 84.2 cm³/mol. The summed E-state index contributed by atoms with van der Waals surface area (Å²) in [5.41, 5.74) is 4.00. The van der Waals surface area contributed by atoms with Gasteiger partial charge >= 0.3 is 0 Å². The first-order valence-electron chi connectivity index (χ1n) is 7.16. The molecule has 0 unspecified atom stereocenters. The minimum absolute atomic E-state index is 0.0594. The molecule has 0 bridgehead atoms. The van der Waals surface area contributed by atoms with E-state index in [2.05, 4.69) is 12.2 Å². The number of nitrogens with one attached hydrogen (secondary N) is 1. The Labute approximate surface area is 120 Å². The quantitative estimate of drug-likeness (QED) is 0.843. The molecule has 0 fully saturated rings. The van der Waals surface area contributed by atoms with Gasteiger partial charge in [0.25, 0.3) is 5.91 Å². The number of hydrogen-bond acceptors (Lipinski definition) is 1. The highest BCUT2D eigenvalue weighted by atomic mass is 16.1. The summed E-state index contributed by atoms with van der Waals surface area (Å²) in [6.07, 6.45) is 3.46. The van der Waals surface area contributed by atoms with E-state index in [1.807, 2.05) is 55.5 Å². The first-order chi connectivity index (χ1) is 9.69. The molecule has 20 heavy (non-hydrogen) atoms. The molecule has 0 aliphatic heterocycles. The fourth-order valence-corrected chi connectivity index (χ4v) is 2.04. The molecule has 104 valence electrons. The minimum Gasteiger partial charge on any atom is -0.322 e.